The average molecular weight is 431 g/mol. The molecule has 8 nitrogen and oxygen atoms in total. The highest BCUT2D eigenvalue weighted by molar-refractivity contribution is 5.52. The van der Waals surface area contributed by atoms with Crippen LogP contribution in [-0.4, -0.2) is 112 Å². The van der Waals surface area contributed by atoms with Crippen molar-refractivity contribution in [2.45, 2.75) is 19.8 Å². The van der Waals surface area contributed by atoms with Crippen molar-refractivity contribution >= 4 is 11.6 Å². The van der Waals surface area contributed by atoms with Crippen molar-refractivity contribution in [1.29, 1.82) is 0 Å². The normalized spacial score (nSPS) is 28.5. The average Bonchev–Trinajstić information content (AvgIpc) is 3.45. The molecule has 1 aromatic rings. The van der Waals surface area contributed by atoms with E-state index in [2.05, 4.69) is 25.7 Å². The Morgan fingerprint density at radius 2 is 1.19 bits per heavy atom. The highest BCUT2D eigenvalue weighted by Gasteiger charge is 2.29. The number of rotatable bonds is 6. The third-order valence-electron chi connectivity index (χ3n) is 7.27. The molecule has 172 valence electrons. The molecule has 2 atom stereocenters. The lowest BCUT2D eigenvalue weighted by atomic mass is 10.1. The molecule has 1 aromatic heterocycles. The summed E-state index contributed by atoms with van der Waals surface area (Å²) in [4.78, 5) is 19.7. The van der Waals surface area contributed by atoms with Gasteiger partial charge in [0.2, 0.25) is 0 Å². The summed E-state index contributed by atoms with van der Waals surface area (Å²) in [5, 5.41) is 0. The van der Waals surface area contributed by atoms with Crippen LogP contribution in [0.1, 0.15) is 18.7 Å². The zero-order chi connectivity index (χ0) is 21.0. The van der Waals surface area contributed by atoms with E-state index in [4.69, 9.17) is 19.4 Å². The Balaban J connectivity index is 1.17. The molecule has 4 aliphatic heterocycles. The third kappa shape index (κ3) is 5.48. The van der Waals surface area contributed by atoms with Crippen molar-refractivity contribution in [2.24, 2.45) is 11.8 Å². The molecule has 0 saturated carbocycles. The first-order chi connectivity index (χ1) is 15.2. The monoisotopic (exact) mass is 430 g/mol. The van der Waals surface area contributed by atoms with Gasteiger partial charge >= 0.3 is 0 Å². The van der Waals surface area contributed by atoms with Gasteiger partial charge in [-0.2, -0.15) is 0 Å². The van der Waals surface area contributed by atoms with Crippen LogP contribution in [0.4, 0.5) is 11.6 Å². The predicted octanol–water partition coefficient (Wildman–Crippen LogP) is 1.10. The highest BCUT2D eigenvalue weighted by Crippen LogP contribution is 2.29. The summed E-state index contributed by atoms with van der Waals surface area (Å²) in [5.74, 6) is 4.57. The van der Waals surface area contributed by atoms with E-state index in [0.717, 1.165) is 108 Å². The summed E-state index contributed by atoms with van der Waals surface area (Å²) in [7, 11) is 0. The molecule has 0 N–H and O–H groups in total. The smallest absolute Gasteiger partial charge is 0.134 e. The molecule has 31 heavy (non-hydrogen) atoms. The van der Waals surface area contributed by atoms with Gasteiger partial charge in [-0.1, -0.05) is 0 Å². The summed E-state index contributed by atoms with van der Waals surface area (Å²) in [5.41, 5.74) is 0. The summed E-state index contributed by atoms with van der Waals surface area (Å²) >= 11 is 0. The molecule has 0 spiro atoms. The van der Waals surface area contributed by atoms with Crippen LogP contribution in [0.2, 0.25) is 0 Å². The van der Waals surface area contributed by atoms with Crippen molar-refractivity contribution in [3.05, 3.63) is 11.9 Å². The summed E-state index contributed by atoms with van der Waals surface area (Å²) in [6.07, 6.45) is 2.50. The van der Waals surface area contributed by atoms with Crippen molar-refractivity contribution < 1.29 is 9.47 Å². The lowest BCUT2D eigenvalue weighted by Gasteiger charge is -2.29. The van der Waals surface area contributed by atoms with Gasteiger partial charge in [-0.15, -0.1) is 0 Å². The number of morpholine rings is 2. The topological polar surface area (TPSA) is 57.2 Å². The van der Waals surface area contributed by atoms with E-state index < -0.39 is 0 Å². The number of aryl methyl sites for hydroxylation is 1. The van der Waals surface area contributed by atoms with Gasteiger partial charge in [0.25, 0.3) is 0 Å². The minimum absolute atomic E-state index is 0.724. The Bertz CT molecular complexity index is 666. The van der Waals surface area contributed by atoms with E-state index in [1.54, 1.807) is 0 Å². The minimum atomic E-state index is 0.724. The van der Waals surface area contributed by atoms with Gasteiger partial charge in [0, 0.05) is 71.5 Å². The standard InChI is InChI=1S/C23H38N6O2/c1-19-24-22(28-4-2-20(17-28)15-26-6-10-30-11-7-26)14-23(25-19)29-5-3-21(18-29)16-27-8-12-31-13-9-27/h14,20-21H,2-13,15-18H2,1H3/t20-,21-/m0/s1. The van der Waals surface area contributed by atoms with Crippen LogP contribution >= 0.6 is 0 Å². The second-order valence-corrected chi connectivity index (χ2v) is 9.66. The maximum Gasteiger partial charge on any atom is 0.134 e. The van der Waals surface area contributed by atoms with Gasteiger partial charge in [-0.05, 0) is 31.6 Å². The molecule has 8 heteroatoms. The molecule has 4 aliphatic rings. The maximum absolute atomic E-state index is 5.50. The van der Waals surface area contributed by atoms with Crippen molar-refractivity contribution in [2.75, 3.05) is 102 Å². The van der Waals surface area contributed by atoms with Gasteiger partial charge in [-0.25, -0.2) is 9.97 Å². The maximum atomic E-state index is 5.50. The molecule has 0 aromatic carbocycles. The van der Waals surface area contributed by atoms with E-state index in [9.17, 15) is 0 Å². The van der Waals surface area contributed by atoms with Crippen LogP contribution in [0.15, 0.2) is 6.07 Å². The molecule has 4 saturated heterocycles. The molecular weight excluding hydrogens is 392 g/mol. The highest BCUT2D eigenvalue weighted by atomic mass is 16.5. The van der Waals surface area contributed by atoms with E-state index in [-0.39, 0.29) is 0 Å². The second-order valence-electron chi connectivity index (χ2n) is 9.66. The van der Waals surface area contributed by atoms with Crippen molar-refractivity contribution in [1.82, 2.24) is 19.8 Å². The van der Waals surface area contributed by atoms with Crippen LogP contribution in [-0.2, 0) is 9.47 Å². The first-order valence-electron chi connectivity index (χ1n) is 12.2. The third-order valence-corrected chi connectivity index (χ3v) is 7.27. The van der Waals surface area contributed by atoms with Gasteiger partial charge in [0.1, 0.15) is 17.5 Å². The molecule has 4 fully saturated rings. The van der Waals surface area contributed by atoms with E-state index >= 15 is 0 Å². The van der Waals surface area contributed by atoms with E-state index in [1.165, 1.54) is 25.9 Å². The first-order valence-corrected chi connectivity index (χ1v) is 12.2. The Hall–Kier alpha value is -1.48. The van der Waals surface area contributed by atoms with Crippen molar-refractivity contribution in [3.8, 4) is 0 Å². The van der Waals surface area contributed by atoms with Crippen molar-refractivity contribution in [3.63, 3.8) is 0 Å². The quantitative estimate of drug-likeness (QED) is 0.665. The number of nitrogens with zero attached hydrogens (tertiary/aromatic N) is 6. The van der Waals surface area contributed by atoms with Crippen LogP contribution in [0.3, 0.4) is 0 Å². The zero-order valence-electron chi connectivity index (χ0n) is 19.0. The second kappa shape index (κ2) is 9.98. The van der Waals surface area contributed by atoms with Crippen LogP contribution < -0.4 is 9.80 Å². The molecule has 0 aliphatic carbocycles. The molecule has 5 rings (SSSR count). The molecule has 0 radical (unpaired) electrons. The first kappa shape index (κ1) is 21.4. The SMILES string of the molecule is Cc1nc(N2CC[C@@H](CN3CCOCC3)C2)cc(N2CC[C@@H](CN3CCOCC3)C2)n1. The van der Waals surface area contributed by atoms with Crippen LogP contribution in [0, 0.1) is 18.8 Å². The number of hydrogen-bond donors (Lipinski definition) is 0. The number of ether oxygens (including phenoxy) is 2. The molecule has 0 unspecified atom stereocenters. The Kier molecular flexibility index (Phi) is 6.88. The van der Waals surface area contributed by atoms with Crippen LogP contribution in [0.5, 0.6) is 0 Å². The largest absolute Gasteiger partial charge is 0.379 e. The van der Waals surface area contributed by atoms with Gasteiger partial charge in [0.15, 0.2) is 0 Å². The van der Waals surface area contributed by atoms with E-state index in [1.807, 2.05) is 6.92 Å². The fraction of sp³-hybridized carbons (Fsp3) is 0.826. The zero-order valence-corrected chi connectivity index (χ0v) is 19.0. The molecular formula is C23H38N6O2. The van der Waals surface area contributed by atoms with Crippen LogP contribution in [0.25, 0.3) is 0 Å². The predicted molar refractivity (Wildman–Crippen MR) is 122 cm³/mol. The fourth-order valence-corrected chi connectivity index (χ4v) is 5.54. The summed E-state index contributed by atoms with van der Waals surface area (Å²) in [6.45, 7) is 16.7. The Morgan fingerprint density at radius 1 is 0.742 bits per heavy atom. The number of aromatic nitrogens is 2. The number of hydrogen-bond acceptors (Lipinski definition) is 8. The Morgan fingerprint density at radius 3 is 1.65 bits per heavy atom. The molecule has 0 bridgehead atoms. The molecule has 0 amide bonds. The Labute approximate surface area is 186 Å². The van der Waals surface area contributed by atoms with Gasteiger partial charge < -0.3 is 19.3 Å². The summed E-state index contributed by atoms with van der Waals surface area (Å²) in [6, 6.07) is 2.24. The number of anilines is 2. The lowest BCUT2D eigenvalue weighted by Crippen LogP contribution is -2.40. The minimum Gasteiger partial charge on any atom is -0.379 e. The van der Waals surface area contributed by atoms with E-state index in [0.29, 0.717) is 0 Å². The fourth-order valence-electron chi connectivity index (χ4n) is 5.54. The lowest BCUT2D eigenvalue weighted by molar-refractivity contribution is 0.0319. The summed E-state index contributed by atoms with van der Waals surface area (Å²) < 4.78 is 11.0. The van der Waals surface area contributed by atoms with Gasteiger partial charge in [0.05, 0.1) is 26.4 Å². The van der Waals surface area contributed by atoms with Gasteiger partial charge in [-0.3, -0.25) is 9.80 Å². The molecule has 5 heterocycles.